The molecule has 0 aromatic rings. The molecule has 2 heterocycles. The lowest BCUT2D eigenvalue weighted by Gasteiger charge is -2.46. The molecule has 0 spiro atoms. The van der Waals surface area contributed by atoms with Gasteiger partial charge in [0, 0.05) is 32.6 Å². The molecule has 2 N–H and O–H groups in total. The van der Waals surface area contributed by atoms with E-state index in [2.05, 4.69) is 15.5 Å². The van der Waals surface area contributed by atoms with E-state index in [1.165, 1.54) is 0 Å². The Morgan fingerprint density at radius 2 is 1.44 bits per heavy atom. The van der Waals surface area contributed by atoms with Crippen LogP contribution in [0.5, 0.6) is 0 Å². The molecule has 0 radical (unpaired) electrons. The summed E-state index contributed by atoms with van der Waals surface area (Å²) in [6.07, 6.45) is -1.75. The fourth-order valence-corrected chi connectivity index (χ4v) is 7.86. The fourth-order valence-electron chi connectivity index (χ4n) is 7.86. The smallest absolute Gasteiger partial charge is 0.354 e. The van der Waals surface area contributed by atoms with Gasteiger partial charge in [0.25, 0.3) is 0 Å². The number of amides is 2. The molecule has 0 bridgehead atoms. The number of piperidine rings is 2. The van der Waals surface area contributed by atoms with Gasteiger partial charge in [-0.25, -0.2) is 0 Å². The summed E-state index contributed by atoms with van der Waals surface area (Å²) in [6.45, 7) is 3.53. The molecular weight excluding hydrogens is 550 g/mol. The topological polar surface area (TPSA) is 64.7 Å². The van der Waals surface area contributed by atoms with Crippen molar-refractivity contribution in [2.45, 2.75) is 121 Å². The quantitative estimate of drug-likeness (QED) is 0.375. The summed E-state index contributed by atoms with van der Waals surface area (Å²) in [6, 6.07) is -0.398. The molecule has 2 aliphatic heterocycles. The van der Waals surface area contributed by atoms with Crippen LogP contribution in [-0.2, 0) is 9.59 Å². The standard InChI is InChI=1S/C29H46F6N4O2/c1-19(40)39(25-9-5-6-12-36-25)24-10-13-38(14-11-24)26(21-7-3-2-4-8-21)27(41)37-18-20-15-22(28(30,31)32)17-23(16-20)29(33,34)35/h20-26,36H,2-18H2,1H3,(H,37,41). The molecule has 4 fully saturated rings. The van der Waals surface area contributed by atoms with Crippen molar-refractivity contribution in [2.75, 3.05) is 26.2 Å². The summed E-state index contributed by atoms with van der Waals surface area (Å²) in [5, 5.41) is 6.27. The number of hydrogen-bond acceptors (Lipinski definition) is 4. The number of halogens is 6. The van der Waals surface area contributed by atoms with Crippen LogP contribution in [0.25, 0.3) is 0 Å². The number of nitrogens with one attached hydrogen (secondary N) is 2. The Balaban J connectivity index is 1.40. The van der Waals surface area contributed by atoms with Crippen molar-refractivity contribution in [1.82, 2.24) is 20.4 Å². The molecule has 2 saturated carbocycles. The fraction of sp³-hybridized carbons (Fsp3) is 0.931. The average molecular weight is 597 g/mol. The molecule has 0 aromatic carbocycles. The zero-order valence-corrected chi connectivity index (χ0v) is 24.0. The Kier molecular flexibility index (Phi) is 10.9. The van der Waals surface area contributed by atoms with Crippen molar-refractivity contribution < 1.29 is 35.9 Å². The number of nitrogens with zero attached hydrogens (tertiary/aromatic N) is 2. The minimum Gasteiger partial charge on any atom is -0.354 e. The second-order valence-electron chi connectivity index (χ2n) is 12.8. The molecule has 236 valence electrons. The molecule has 4 aliphatic rings. The Hall–Kier alpha value is -1.56. The van der Waals surface area contributed by atoms with Gasteiger partial charge >= 0.3 is 12.4 Å². The predicted octanol–water partition coefficient (Wildman–Crippen LogP) is 5.62. The summed E-state index contributed by atoms with van der Waals surface area (Å²) >= 11 is 0. The monoisotopic (exact) mass is 596 g/mol. The molecule has 4 unspecified atom stereocenters. The zero-order valence-electron chi connectivity index (χ0n) is 24.0. The maximum Gasteiger partial charge on any atom is 0.391 e. The normalized spacial score (nSPS) is 30.5. The highest BCUT2D eigenvalue weighted by Crippen LogP contribution is 2.47. The van der Waals surface area contributed by atoms with E-state index in [1.807, 2.05) is 4.90 Å². The van der Waals surface area contributed by atoms with Crippen LogP contribution in [0.2, 0.25) is 0 Å². The Morgan fingerprint density at radius 1 is 0.854 bits per heavy atom. The molecule has 4 atom stereocenters. The third kappa shape index (κ3) is 8.51. The highest BCUT2D eigenvalue weighted by Gasteiger charge is 2.52. The zero-order chi connectivity index (χ0) is 29.8. The van der Waals surface area contributed by atoms with E-state index in [0.717, 1.165) is 70.8 Å². The van der Waals surface area contributed by atoms with Crippen LogP contribution in [0, 0.1) is 23.7 Å². The number of carbonyl (C=O) groups excluding carboxylic acids is 2. The molecule has 2 saturated heterocycles. The van der Waals surface area contributed by atoms with Gasteiger partial charge in [0.15, 0.2) is 0 Å². The number of alkyl halides is 6. The van der Waals surface area contributed by atoms with Crippen LogP contribution in [0.1, 0.15) is 90.4 Å². The maximum atomic E-state index is 13.6. The molecule has 4 rings (SSSR count). The van der Waals surface area contributed by atoms with E-state index >= 15 is 0 Å². The third-order valence-electron chi connectivity index (χ3n) is 9.93. The molecule has 2 aliphatic carbocycles. The first-order chi connectivity index (χ1) is 19.3. The number of likely N-dealkylation sites (tertiary alicyclic amines) is 1. The largest absolute Gasteiger partial charge is 0.391 e. The Bertz CT molecular complexity index is 842. The summed E-state index contributed by atoms with van der Waals surface area (Å²) < 4.78 is 80.7. The van der Waals surface area contributed by atoms with Crippen LogP contribution < -0.4 is 10.6 Å². The molecular formula is C29H46F6N4O2. The van der Waals surface area contributed by atoms with Crippen LogP contribution in [-0.4, -0.2) is 78.4 Å². The van der Waals surface area contributed by atoms with Gasteiger partial charge in [-0.2, -0.15) is 26.3 Å². The molecule has 0 aromatic heterocycles. The highest BCUT2D eigenvalue weighted by molar-refractivity contribution is 5.82. The molecule has 6 nitrogen and oxygen atoms in total. The van der Waals surface area contributed by atoms with Gasteiger partial charge in [0.1, 0.15) is 0 Å². The maximum absolute atomic E-state index is 13.6. The molecule has 2 amide bonds. The van der Waals surface area contributed by atoms with E-state index in [4.69, 9.17) is 0 Å². The Morgan fingerprint density at radius 3 is 1.95 bits per heavy atom. The van der Waals surface area contributed by atoms with E-state index in [0.29, 0.717) is 13.1 Å². The minimum atomic E-state index is -4.69. The van der Waals surface area contributed by atoms with Crippen molar-refractivity contribution in [3.8, 4) is 0 Å². The second kappa shape index (κ2) is 13.8. The minimum absolute atomic E-state index is 0.0202. The second-order valence-corrected chi connectivity index (χ2v) is 12.8. The van der Waals surface area contributed by atoms with Crippen LogP contribution in [0.15, 0.2) is 0 Å². The predicted molar refractivity (Wildman–Crippen MR) is 143 cm³/mol. The van der Waals surface area contributed by atoms with Gasteiger partial charge in [-0.05, 0) is 82.6 Å². The summed E-state index contributed by atoms with van der Waals surface area (Å²) in [5.41, 5.74) is 0. The van der Waals surface area contributed by atoms with Crippen molar-refractivity contribution in [2.24, 2.45) is 23.7 Å². The van der Waals surface area contributed by atoms with Crippen LogP contribution in [0.4, 0.5) is 26.3 Å². The Labute approximate surface area is 239 Å². The first-order valence-corrected chi connectivity index (χ1v) is 15.5. The average Bonchev–Trinajstić information content (AvgIpc) is 2.93. The molecule has 41 heavy (non-hydrogen) atoms. The van der Waals surface area contributed by atoms with E-state index in [-0.39, 0.29) is 36.5 Å². The van der Waals surface area contributed by atoms with Crippen molar-refractivity contribution in [3.05, 3.63) is 0 Å². The lowest BCUT2D eigenvalue weighted by molar-refractivity contribution is -0.228. The van der Waals surface area contributed by atoms with Gasteiger partial charge in [-0.1, -0.05) is 19.3 Å². The third-order valence-corrected chi connectivity index (χ3v) is 9.93. The number of carbonyl (C=O) groups is 2. The van der Waals surface area contributed by atoms with Gasteiger partial charge in [-0.3, -0.25) is 19.8 Å². The van der Waals surface area contributed by atoms with Gasteiger partial charge in [0.05, 0.1) is 24.0 Å². The van der Waals surface area contributed by atoms with Gasteiger partial charge in [0.2, 0.25) is 11.8 Å². The summed E-state index contributed by atoms with van der Waals surface area (Å²) in [4.78, 5) is 30.3. The van der Waals surface area contributed by atoms with E-state index in [1.54, 1.807) is 6.92 Å². The van der Waals surface area contributed by atoms with E-state index in [9.17, 15) is 35.9 Å². The number of hydrogen-bond donors (Lipinski definition) is 2. The van der Waals surface area contributed by atoms with Crippen molar-refractivity contribution >= 4 is 11.8 Å². The lowest BCUT2D eigenvalue weighted by Crippen LogP contribution is -2.60. The summed E-state index contributed by atoms with van der Waals surface area (Å²) in [7, 11) is 0. The lowest BCUT2D eigenvalue weighted by atomic mass is 9.74. The summed E-state index contributed by atoms with van der Waals surface area (Å²) in [5.74, 6) is -5.06. The molecule has 12 heteroatoms. The van der Waals surface area contributed by atoms with Crippen molar-refractivity contribution in [3.63, 3.8) is 0 Å². The first-order valence-electron chi connectivity index (χ1n) is 15.5. The van der Waals surface area contributed by atoms with Gasteiger partial charge < -0.3 is 10.2 Å². The highest BCUT2D eigenvalue weighted by atomic mass is 19.4. The van der Waals surface area contributed by atoms with Gasteiger partial charge in [-0.15, -0.1) is 0 Å². The first kappa shape index (κ1) is 32.4. The van der Waals surface area contributed by atoms with E-state index < -0.39 is 55.4 Å². The van der Waals surface area contributed by atoms with Crippen molar-refractivity contribution in [1.29, 1.82) is 0 Å². The van der Waals surface area contributed by atoms with Crippen LogP contribution in [0.3, 0.4) is 0 Å². The number of rotatable bonds is 7. The van der Waals surface area contributed by atoms with Crippen LogP contribution >= 0.6 is 0 Å². The SMILES string of the molecule is CC(=O)N(C1CCN(C(C(=O)NCC2CC(C(F)(F)F)CC(C(F)(F)F)C2)C2CCCCC2)CC1)C1CCCCN1.